The Morgan fingerprint density at radius 3 is 2.45 bits per heavy atom. The van der Waals surface area contributed by atoms with Crippen LogP contribution >= 0.6 is 50.7 Å². The SMILES string of the molecule is N#C/C(=C\c1cc(Cl)cc(Cl)c1OCc1ccc(Br)cc1)C(=O)Nc1ccccc1Cl. The van der Waals surface area contributed by atoms with Crippen molar-refractivity contribution in [2.24, 2.45) is 0 Å². The third-order valence-corrected chi connectivity index (χ3v) is 5.48. The maximum absolute atomic E-state index is 12.6. The standard InChI is InChI=1S/C23H14BrCl3N2O2/c24-17-7-5-14(6-8-17)13-31-22-15(10-18(25)11-20(22)27)9-16(12-28)23(30)29-21-4-2-1-3-19(21)26/h1-11H,13H2,(H,29,30)/b16-9+. The lowest BCUT2D eigenvalue weighted by atomic mass is 10.1. The first-order valence-corrected chi connectivity index (χ1v) is 10.8. The van der Waals surface area contributed by atoms with E-state index in [0.29, 0.717) is 27.0 Å². The lowest BCUT2D eigenvalue weighted by Gasteiger charge is -2.13. The number of nitriles is 1. The van der Waals surface area contributed by atoms with Crippen molar-refractivity contribution in [3.63, 3.8) is 0 Å². The van der Waals surface area contributed by atoms with Gasteiger partial charge in [0.1, 0.15) is 24.0 Å². The number of benzene rings is 3. The summed E-state index contributed by atoms with van der Waals surface area (Å²) in [4.78, 5) is 12.6. The number of carbonyl (C=O) groups excluding carboxylic acids is 1. The zero-order valence-corrected chi connectivity index (χ0v) is 19.7. The number of rotatable bonds is 6. The van der Waals surface area contributed by atoms with Crippen molar-refractivity contribution in [2.75, 3.05) is 5.32 Å². The molecule has 0 bridgehead atoms. The highest BCUT2D eigenvalue weighted by atomic mass is 79.9. The number of anilines is 1. The molecule has 0 aliphatic carbocycles. The second-order valence-corrected chi connectivity index (χ2v) is 8.49. The molecule has 0 unspecified atom stereocenters. The summed E-state index contributed by atoms with van der Waals surface area (Å²) in [6.07, 6.45) is 1.38. The van der Waals surface area contributed by atoms with Gasteiger partial charge in [-0.2, -0.15) is 5.26 Å². The Hall–Kier alpha value is -2.49. The van der Waals surface area contributed by atoms with Crippen LogP contribution in [-0.2, 0) is 11.4 Å². The Labute approximate surface area is 203 Å². The normalized spacial score (nSPS) is 11.0. The van der Waals surface area contributed by atoms with E-state index in [0.717, 1.165) is 10.0 Å². The van der Waals surface area contributed by atoms with E-state index in [1.54, 1.807) is 30.3 Å². The third-order valence-electron chi connectivity index (χ3n) is 4.12. The predicted octanol–water partition coefficient (Wildman–Crippen LogP) is 7.53. The first kappa shape index (κ1) is 23.2. The number of hydrogen-bond donors (Lipinski definition) is 1. The van der Waals surface area contributed by atoms with Crippen LogP contribution in [0, 0.1) is 11.3 Å². The lowest BCUT2D eigenvalue weighted by Crippen LogP contribution is -2.13. The molecule has 3 aromatic carbocycles. The molecule has 1 amide bonds. The molecule has 0 heterocycles. The van der Waals surface area contributed by atoms with Gasteiger partial charge in [0.05, 0.1) is 15.7 Å². The van der Waals surface area contributed by atoms with E-state index in [-0.39, 0.29) is 17.2 Å². The van der Waals surface area contributed by atoms with E-state index in [2.05, 4.69) is 21.2 Å². The van der Waals surface area contributed by atoms with E-state index < -0.39 is 5.91 Å². The fourth-order valence-electron chi connectivity index (χ4n) is 2.63. The highest BCUT2D eigenvalue weighted by molar-refractivity contribution is 9.10. The summed E-state index contributed by atoms with van der Waals surface area (Å²) in [5.74, 6) is -0.308. The maximum atomic E-state index is 12.6. The summed E-state index contributed by atoms with van der Waals surface area (Å²) in [6, 6.07) is 19.3. The van der Waals surface area contributed by atoms with Crippen LogP contribution in [0.15, 0.2) is 70.7 Å². The van der Waals surface area contributed by atoms with E-state index in [1.807, 2.05) is 30.3 Å². The number of para-hydroxylation sites is 1. The van der Waals surface area contributed by atoms with E-state index in [1.165, 1.54) is 12.1 Å². The van der Waals surface area contributed by atoms with E-state index in [9.17, 15) is 10.1 Å². The lowest BCUT2D eigenvalue weighted by molar-refractivity contribution is -0.112. The Bertz CT molecular complexity index is 1190. The van der Waals surface area contributed by atoms with Crippen molar-refractivity contribution in [1.29, 1.82) is 5.26 Å². The summed E-state index contributed by atoms with van der Waals surface area (Å²) in [5.41, 5.74) is 1.56. The zero-order valence-electron chi connectivity index (χ0n) is 15.8. The number of hydrogen-bond acceptors (Lipinski definition) is 3. The van der Waals surface area contributed by atoms with Gasteiger partial charge in [-0.1, -0.05) is 75.0 Å². The summed E-state index contributed by atoms with van der Waals surface area (Å²) >= 11 is 21.9. The molecule has 0 saturated heterocycles. The molecule has 0 fully saturated rings. The van der Waals surface area contributed by atoms with Crippen LogP contribution in [0.4, 0.5) is 5.69 Å². The van der Waals surface area contributed by atoms with Gasteiger partial charge >= 0.3 is 0 Å². The van der Waals surface area contributed by atoms with Crippen LogP contribution in [0.25, 0.3) is 6.08 Å². The molecule has 0 saturated carbocycles. The van der Waals surface area contributed by atoms with Crippen LogP contribution in [0.3, 0.4) is 0 Å². The zero-order chi connectivity index (χ0) is 22.4. The minimum Gasteiger partial charge on any atom is -0.487 e. The van der Waals surface area contributed by atoms with Crippen LogP contribution in [-0.4, -0.2) is 5.91 Å². The number of halogens is 4. The monoisotopic (exact) mass is 534 g/mol. The largest absolute Gasteiger partial charge is 0.487 e. The van der Waals surface area contributed by atoms with Crippen LogP contribution in [0.1, 0.15) is 11.1 Å². The number of nitrogens with one attached hydrogen (secondary N) is 1. The molecule has 3 aromatic rings. The van der Waals surface area contributed by atoms with Crippen LogP contribution in [0.2, 0.25) is 15.1 Å². The summed E-state index contributed by atoms with van der Waals surface area (Å²) in [7, 11) is 0. The van der Waals surface area contributed by atoms with Gasteiger partial charge in [-0.25, -0.2) is 0 Å². The fourth-order valence-corrected chi connectivity index (χ4v) is 3.64. The number of amides is 1. The Morgan fingerprint density at radius 1 is 1.06 bits per heavy atom. The van der Waals surface area contributed by atoms with Gasteiger partial charge in [0, 0.05) is 15.1 Å². The Balaban J connectivity index is 1.89. The molecular weight excluding hydrogens is 523 g/mol. The Kier molecular flexibility index (Phi) is 8.00. The minimum atomic E-state index is -0.620. The molecule has 8 heteroatoms. The molecular formula is C23H14BrCl3N2O2. The topological polar surface area (TPSA) is 62.1 Å². The predicted molar refractivity (Wildman–Crippen MR) is 129 cm³/mol. The molecule has 0 atom stereocenters. The van der Waals surface area contributed by atoms with Gasteiger partial charge in [0.2, 0.25) is 0 Å². The van der Waals surface area contributed by atoms with Crippen LogP contribution in [0.5, 0.6) is 5.75 Å². The second-order valence-electron chi connectivity index (χ2n) is 6.32. The highest BCUT2D eigenvalue weighted by Gasteiger charge is 2.15. The van der Waals surface area contributed by atoms with Gasteiger partial charge in [-0.05, 0) is 48.0 Å². The summed E-state index contributed by atoms with van der Waals surface area (Å²) in [5, 5.41) is 13.1. The molecule has 0 radical (unpaired) electrons. The first-order chi connectivity index (χ1) is 14.9. The minimum absolute atomic E-state index is 0.160. The molecule has 3 rings (SSSR count). The molecule has 0 aliphatic rings. The average molecular weight is 537 g/mol. The van der Waals surface area contributed by atoms with Crippen molar-refractivity contribution in [3.05, 3.63) is 96.9 Å². The van der Waals surface area contributed by atoms with Gasteiger partial charge in [0.15, 0.2) is 0 Å². The Morgan fingerprint density at radius 2 is 1.77 bits per heavy atom. The average Bonchev–Trinajstić information content (AvgIpc) is 2.74. The van der Waals surface area contributed by atoms with Crippen molar-refractivity contribution >= 4 is 68.4 Å². The van der Waals surface area contributed by atoms with E-state index >= 15 is 0 Å². The van der Waals surface area contributed by atoms with Crippen molar-refractivity contribution in [2.45, 2.75) is 6.61 Å². The molecule has 156 valence electrons. The van der Waals surface area contributed by atoms with Gasteiger partial charge < -0.3 is 10.1 Å². The number of carbonyl (C=O) groups is 1. The van der Waals surface area contributed by atoms with Crippen molar-refractivity contribution < 1.29 is 9.53 Å². The fraction of sp³-hybridized carbons (Fsp3) is 0.0435. The van der Waals surface area contributed by atoms with Crippen LogP contribution < -0.4 is 10.1 Å². The molecule has 0 spiro atoms. The first-order valence-electron chi connectivity index (χ1n) is 8.91. The maximum Gasteiger partial charge on any atom is 0.266 e. The molecule has 0 aliphatic heterocycles. The molecule has 0 aromatic heterocycles. The molecule has 4 nitrogen and oxygen atoms in total. The smallest absolute Gasteiger partial charge is 0.266 e. The summed E-state index contributed by atoms with van der Waals surface area (Å²) < 4.78 is 6.85. The number of ether oxygens (including phenoxy) is 1. The van der Waals surface area contributed by atoms with Gasteiger partial charge in [-0.3, -0.25) is 4.79 Å². The quantitative estimate of drug-likeness (QED) is 0.262. The number of nitrogens with zero attached hydrogens (tertiary/aromatic N) is 1. The van der Waals surface area contributed by atoms with Crippen molar-refractivity contribution in [3.8, 4) is 11.8 Å². The molecule has 1 N–H and O–H groups in total. The van der Waals surface area contributed by atoms with Gasteiger partial charge in [0.25, 0.3) is 5.91 Å². The summed E-state index contributed by atoms with van der Waals surface area (Å²) in [6.45, 7) is 0.239. The second kappa shape index (κ2) is 10.7. The highest BCUT2D eigenvalue weighted by Crippen LogP contribution is 2.35. The van der Waals surface area contributed by atoms with E-state index in [4.69, 9.17) is 39.5 Å². The third kappa shape index (κ3) is 6.25. The molecule has 31 heavy (non-hydrogen) atoms. The van der Waals surface area contributed by atoms with Crippen molar-refractivity contribution in [1.82, 2.24) is 0 Å². The van der Waals surface area contributed by atoms with Gasteiger partial charge in [-0.15, -0.1) is 0 Å².